The van der Waals surface area contributed by atoms with Crippen molar-refractivity contribution in [2.75, 3.05) is 5.43 Å². The Morgan fingerprint density at radius 1 is 1.11 bits per heavy atom. The Kier molecular flexibility index (Phi) is 4.18. The molecule has 140 valence electrons. The first kappa shape index (κ1) is 17.3. The molecule has 0 bridgehead atoms. The minimum absolute atomic E-state index is 0.126. The van der Waals surface area contributed by atoms with Crippen molar-refractivity contribution in [2.45, 2.75) is 32.2 Å². The second-order valence-electron chi connectivity index (χ2n) is 6.82. The van der Waals surface area contributed by atoms with Gasteiger partial charge in [0, 0.05) is 14.1 Å². The number of benzene rings is 1. The van der Waals surface area contributed by atoms with Crippen molar-refractivity contribution in [1.82, 2.24) is 18.7 Å². The molecule has 8 nitrogen and oxygen atoms in total. The molecule has 1 aromatic carbocycles. The molecule has 0 unspecified atom stereocenters. The number of hydrogen-bond acceptors (Lipinski definition) is 5. The Balaban J connectivity index is 1.99. The van der Waals surface area contributed by atoms with Crippen molar-refractivity contribution in [2.24, 2.45) is 19.2 Å². The van der Waals surface area contributed by atoms with E-state index in [0.29, 0.717) is 17.1 Å². The molecule has 3 heterocycles. The van der Waals surface area contributed by atoms with Gasteiger partial charge in [-0.15, -0.1) is 0 Å². The SMILES string of the molecule is CCCC[C@@H]1C(c2ccccc2)=NNc2nc3c(c(=O)n(C)c(=O)n3C)n21. The molecule has 0 amide bonds. The highest BCUT2D eigenvalue weighted by atomic mass is 16.2. The summed E-state index contributed by atoms with van der Waals surface area (Å²) in [6, 6.07) is 9.80. The van der Waals surface area contributed by atoms with Gasteiger partial charge in [0.1, 0.15) is 0 Å². The number of rotatable bonds is 4. The van der Waals surface area contributed by atoms with Gasteiger partial charge in [0.25, 0.3) is 5.56 Å². The van der Waals surface area contributed by atoms with E-state index in [-0.39, 0.29) is 11.6 Å². The molecule has 0 fully saturated rings. The van der Waals surface area contributed by atoms with E-state index in [1.165, 1.54) is 11.6 Å². The molecule has 1 aliphatic rings. The van der Waals surface area contributed by atoms with Crippen molar-refractivity contribution in [1.29, 1.82) is 0 Å². The van der Waals surface area contributed by atoms with E-state index >= 15 is 0 Å². The van der Waals surface area contributed by atoms with Crippen LogP contribution in [0.3, 0.4) is 0 Å². The molecule has 27 heavy (non-hydrogen) atoms. The maximum atomic E-state index is 12.9. The van der Waals surface area contributed by atoms with Crippen LogP contribution in [0.1, 0.15) is 37.8 Å². The molecule has 1 atom stereocenters. The Labute approximate surface area is 155 Å². The summed E-state index contributed by atoms with van der Waals surface area (Å²) < 4.78 is 4.44. The number of fused-ring (bicyclic) bond motifs is 3. The van der Waals surface area contributed by atoms with Crippen molar-refractivity contribution in [3.05, 3.63) is 56.7 Å². The van der Waals surface area contributed by atoms with Crippen LogP contribution in [0.4, 0.5) is 5.95 Å². The van der Waals surface area contributed by atoms with Crippen LogP contribution < -0.4 is 16.7 Å². The number of unbranched alkanes of at least 4 members (excludes halogenated alkanes) is 1. The van der Waals surface area contributed by atoms with Crippen molar-refractivity contribution in [3.63, 3.8) is 0 Å². The van der Waals surface area contributed by atoms with E-state index in [9.17, 15) is 9.59 Å². The monoisotopic (exact) mass is 366 g/mol. The van der Waals surface area contributed by atoms with Gasteiger partial charge < -0.3 is 0 Å². The molecule has 8 heteroatoms. The summed E-state index contributed by atoms with van der Waals surface area (Å²) in [4.78, 5) is 29.7. The third-order valence-corrected chi connectivity index (χ3v) is 5.10. The van der Waals surface area contributed by atoms with Crippen molar-refractivity contribution < 1.29 is 0 Å². The third-order valence-electron chi connectivity index (χ3n) is 5.10. The highest BCUT2D eigenvalue weighted by Gasteiger charge is 2.31. The van der Waals surface area contributed by atoms with Crippen LogP contribution in [0.15, 0.2) is 45.0 Å². The fraction of sp³-hybridized carbons (Fsp3) is 0.368. The van der Waals surface area contributed by atoms with Gasteiger partial charge in [-0.1, -0.05) is 50.1 Å². The standard InChI is InChI=1S/C19H22N6O2/c1-4-5-11-13-14(12-9-7-6-8-10-12)21-22-18-20-16-15(25(13)18)17(26)24(3)19(27)23(16)2/h6-10,13H,4-5,11H2,1-3H3,(H,20,22)/t13-/m1/s1. The van der Waals surface area contributed by atoms with Gasteiger partial charge in [-0.05, 0) is 12.0 Å². The molecule has 0 spiro atoms. The molecule has 1 N–H and O–H groups in total. The summed E-state index contributed by atoms with van der Waals surface area (Å²) >= 11 is 0. The quantitative estimate of drug-likeness (QED) is 0.765. The summed E-state index contributed by atoms with van der Waals surface area (Å²) in [5.41, 5.74) is 4.90. The maximum Gasteiger partial charge on any atom is 0.332 e. The Morgan fingerprint density at radius 2 is 1.85 bits per heavy atom. The maximum absolute atomic E-state index is 12.9. The van der Waals surface area contributed by atoms with Crippen LogP contribution in [-0.2, 0) is 14.1 Å². The van der Waals surface area contributed by atoms with E-state index in [4.69, 9.17) is 0 Å². The molecular formula is C19H22N6O2. The van der Waals surface area contributed by atoms with Gasteiger partial charge in [-0.25, -0.2) is 10.2 Å². The predicted molar refractivity (Wildman–Crippen MR) is 105 cm³/mol. The smallest absolute Gasteiger partial charge is 0.294 e. The van der Waals surface area contributed by atoms with Crippen LogP contribution in [0.25, 0.3) is 11.2 Å². The molecule has 0 aliphatic carbocycles. The van der Waals surface area contributed by atoms with E-state index in [2.05, 4.69) is 22.4 Å². The molecular weight excluding hydrogens is 344 g/mol. The lowest BCUT2D eigenvalue weighted by atomic mass is 9.97. The van der Waals surface area contributed by atoms with Crippen LogP contribution in [0, 0.1) is 0 Å². The van der Waals surface area contributed by atoms with Gasteiger partial charge in [0.05, 0.1) is 11.8 Å². The summed E-state index contributed by atoms with van der Waals surface area (Å²) in [7, 11) is 3.12. The lowest BCUT2D eigenvalue weighted by Crippen LogP contribution is -2.38. The number of imidazole rings is 1. The number of aryl methyl sites for hydroxylation is 1. The second kappa shape index (κ2) is 6.53. The Hall–Kier alpha value is -3.16. The topological polar surface area (TPSA) is 86.2 Å². The van der Waals surface area contributed by atoms with E-state index < -0.39 is 5.69 Å². The summed E-state index contributed by atoms with van der Waals surface area (Å²) in [6.07, 6.45) is 2.85. The van der Waals surface area contributed by atoms with Gasteiger partial charge in [-0.2, -0.15) is 10.1 Å². The van der Waals surface area contributed by atoms with Gasteiger partial charge in [-0.3, -0.25) is 18.5 Å². The third kappa shape index (κ3) is 2.59. The van der Waals surface area contributed by atoms with E-state index in [1.54, 1.807) is 7.05 Å². The lowest BCUT2D eigenvalue weighted by molar-refractivity contribution is 0.559. The molecule has 4 rings (SSSR count). The molecule has 1 aliphatic heterocycles. The first-order valence-corrected chi connectivity index (χ1v) is 9.11. The first-order valence-electron chi connectivity index (χ1n) is 9.11. The molecule has 0 saturated heterocycles. The predicted octanol–water partition coefficient (Wildman–Crippen LogP) is 1.99. The normalized spacial score (nSPS) is 16.1. The summed E-state index contributed by atoms with van der Waals surface area (Å²) in [5, 5.41) is 4.56. The Bertz CT molecular complexity index is 1150. The number of anilines is 1. The van der Waals surface area contributed by atoms with Gasteiger partial charge in [0.2, 0.25) is 5.95 Å². The highest BCUT2D eigenvalue weighted by molar-refractivity contribution is 6.05. The summed E-state index contributed by atoms with van der Waals surface area (Å²) in [6.45, 7) is 2.13. The Morgan fingerprint density at radius 3 is 2.56 bits per heavy atom. The molecule has 3 aromatic rings. The highest BCUT2D eigenvalue weighted by Crippen LogP contribution is 2.31. The molecule has 2 aromatic heterocycles. The fourth-order valence-corrected chi connectivity index (χ4v) is 3.63. The largest absolute Gasteiger partial charge is 0.332 e. The number of nitrogens with zero attached hydrogens (tertiary/aromatic N) is 5. The number of hydrogen-bond donors (Lipinski definition) is 1. The van der Waals surface area contributed by atoms with Crippen molar-refractivity contribution in [3.8, 4) is 0 Å². The number of aromatic nitrogens is 4. The minimum Gasteiger partial charge on any atom is -0.294 e. The van der Waals surface area contributed by atoms with Crippen LogP contribution in [0.5, 0.6) is 0 Å². The average Bonchev–Trinajstić information content (AvgIpc) is 3.09. The van der Waals surface area contributed by atoms with E-state index in [1.807, 2.05) is 34.9 Å². The lowest BCUT2D eigenvalue weighted by Gasteiger charge is -2.27. The van der Waals surface area contributed by atoms with Gasteiger partial charge >= 0.3 is 5.69 Å². The zero-order chi connectivity index (χ0) is 19.1. The zero-order valence-electron chi connectivity index (χ0n) is 15.6. The molecule has 0 radical (unpaired) electrons. The van der Waals surface area contributed by atoms with Gasteiger partial charge in [0.15, 0.2) is 11.2 Å². The number of hydrazone groups is 1. The first-order chi connectivity index (χ1) is 13.0. The zero-order valence-corrected chi connectivity index (χ0v) is 15.6. The average molecular weight is 366 g/mol. The summed E-state index contributed by atoms with van der Waals surface area (Å²) in [5.74, 6) is 0.490. The minimum atomic E-state index is -0.391. The van der Waals surface area contributed by atoms with E-state index in [0.717, 1.165) is 35.1 Å². The van der Waals surface area contributed by atoms with Crippen LogP contribution >= 0.6 is 0 Å². The fourth-order valence-electron chi connectivity index (χ4n) is 3.63. The van der Waals surface area contributed by atoms with Crippen LogP contribution in [-0.4, -0.2) is 24.4 Å². The van der Waals surface area contributed by atoms with Crippen molar-refractivity contribution >= 4 is 22.8 Å². The number of nitrogens with one attached hydrogen (secondary N) is 1. The van der Waals surface area contributed by atoms with Crippen LogP contribution in [0.2, 0.25) is 0 Å². The second-order valence-corrected chi connectivity index (χ2v) is 6.82. The molecule has 0 saturated carbocycles.